The van der Waals surface area contributed by atoms with Gasteiger partial charge in [0.25, 0.3) is 0 Å². The van der Waals surface area contributed by atoms with E-state index in [4.69, 9.17) is 21.2 Å². The van der Waals surface area contributed by atoms with E-state index in [0.717, 1.165) is 5.56 Å². The zero-order chi connectivity index (χ0) is 15.2. The van der Waals surface area contributed by atoms with Crippen molar-refractivity contribution in [3.05, 3.63) is 35.2 Å². The fraction of sp³-hybridized carbons (Fsp3) is 0.357. The van der Waals surface area contributed by atoms with Gasteiger partial charge in [-0.05, 0) is 44.3 Å². The van der Waals surface area contributed by atoms with E-state index < -0.39 is 5.97 Å². The average molecular weight is 310 g/mol. The van der Waals surface area contributed by atoms with Crippen LogP contribution in [0.5, 0.6) is 0 Å². The van der Waals surface area contributed by atoms with E-state index in [1.807, 2.05) is 24.1 Å². The SMILES string of the molecule is CN(CCCC(=O)O)Cc1nc(-c2ccc(Cl)cc2)no1. The molecular formula is C14H16ClN3O3. The molecular weight excluding hydrogens is 294 g/mol. The maximum Gasteiger partial charge on any atom is 0.303 e. The lowest BCUT2D eigenvalue weighted by Gasteiger charge is -2.12. The third-order valence-electron chi connectivity index (χ3n) is 2.91. The van der Waals surface area contributed by atoms with Crippen LogP contribution in [0.3, 0.4) is 0 Å². The third kappa shape index (κ3) is 4.84. The molecule has 0 aliphatic rings. The summed E-state index contributed by atoms with van der Waals surface area (Å²) in [6.07, 6.45) is 0.744. The highest BCUT2D eigenvalue weighted by atomic mass is 35.5. The molecule has 0 saturated heterocycles. The van der Waals surface area contributed by atoms with Crippen LogP contribution in [0.1, 0.15) is 18.7 Å². The molecule has 0 fully saturated rings. The van der Waals surface area contributed by atoms with Gasteiger partial charge in [0.2, 0.25) is 11.7 Å². The largest absolute Gasteiger partial charge is 0.481 e. The number of carboxylic acids is 1. The Morgan fingerprint density at radius 2 is 2.10 bits per heavy atom. The highest BCUT2D eigenvalue weighted by molar-refractivity contribution is 6.30. The summed E-state index contributed by atoms with van der Waals surface area (Å²) in [5.41, 5.74) is 0.836. The Balaban J connectivity index is 1.90. The van der Waals surface area contributed by atoms with Gasteiger partial charge >= 0.3 is 5.97 Å². The van der Waals surface area contributed by atoms with E-state index in [1.54, 1.807) is 12.1 Å². The zero-order valence-corrected chi connectivity index (χ0v) is 12.4. The van der Waals surface area contributed by atoms with Crippen molar-refractivity contribution in [1.82, 2.24) is 15.0 Å². The Hall–Kier alpha value is -1.92. The van der Waals surface area contributed by atoms with E-state index in [2.05, 4.69) is 10.1 Å². The first-order valence-corrected chi connectivity index (χ1v) is 6.91. The number of aromatic nitrogens is 2. The number of carbonyl (C=O) groups is 1. The second-order valence-corrected chi connectivity index (χ2v) is 5.19. The predicted molar refractivity (Wildman–Crippen MR) is 77.9 cm³/mol. The smallest absolute Gasteiger partial charge is 0.303 e. The molecule has 0 atom stereocenters. The molecule has 1 N–H and O–H groups in total. The number of nitrogens with zero attached hydrogens (tertiary/aromatic N) is 3. The molecule has 0 aliphatic carbocycles. The van der Waals surface area contributed by atoms with Gasteiger partial charge in [0, 0.05) is 17.0 Å². The third-order valence-corrected chi connectivity index (χ3v) is 3.16. The molecule has 0 saturated carbocycles. The van der Waals surface area contributed by atoms with Crippen molar-refractivity contribution in [2.24, 2.45) is 0 Å². The van der Waals surface area contributed by atoms with E-state index in [-0.39, 0.29) is 6.42 Å². The van der Waals surface area contributed by atoms with Crippen molar-refractivity contribution in [3.8, 4) is 11.4 Å². The highest BCUT2D eigenvalue weighted by Crippen LogP contribution is 2.18. The maximum absolute atomic E-state index is 10.5. The van der Waals surface area contributed by atoms with Crippen molar-refractivity contribution >= 4 is 17.6 Å². The summed E-state index contributed by atoms with van der Waals surface area (Å²) in [6.45, 7) is 1.14. The van der Waals surface area contributed by atoms with Crippen LogP contribution in [0.15, 0.2) is 28.8 Å². The zero-order valence-electron chi connectivity index (χ0n) is 11.6. The molecule has 112 valence electrons. The first kappa shape index (κ1) is 15.5. The van der Waals surface area contributed by atoms with E-state index in [1.165, 1.54) is 0 Å². The molecule has 0 bridgehead atoms. The minimum atomic E-state index is -0.786. The lowest BCUT2D eigenvalue weighted by Crippen LogP contribution is -2.20. The monoisotopic (exact) mass is 309 g/mol. The normalized spacial score (nSPS) is 11.0. The van der Waals surface area contributed by atoms with Gasteiger partial charge in [0.15, 0.2) is 0 Å². The molecule has 7 heteroatoms. The average Bonchev–Trinajstić information content (AvgIpc) is 2.87. The standard InChI is InChI=1S/C14H16ClN3O3/c1-18(8-2-3-13(19)20)9-12-16-14(17-21-12)10-4-6-11(15)7-5-10/h4-7H,2-3,8-9H2,1H3,(H,19,20). The number of benzene rings is 1. The van der Waals surface area contributed by atoms with Gasteiger partial charge in [-0.15, -0.1) is 0 Å². The number of carboxylic acid groups (broad SMARTS) is 1. The number of halogens is 1. The summed E-state index contributed by atoms with van der Waals surface area (Å²) < 4.78 is 5.20. The molecule has 1 heterocycles. The lowest BCUT2D eigenvalue weighted by atomic mass is 10.2. The first-order chi connectivity index (χ1) is 10.0. The minimum Gasteiger partial charge on any atom is -0.481 e. The van der Waals surface area contributed by atoms with Gasteiger partial charge in [-0.25, -0.2) is 0 Å². The van der Waals surface area contributed by atoms with E-state index in [0.29, 0.717) is 36.2 Å². The summed E-state index contributed by atoms with van der Waals surface area (Å²) >= 11 is 5.83. The Bertz CT molecular complexity index is 598. The molecule has 2 aromatic rings. The van der Waals surface area contributed by atoms with Crippen molar-refractivity contribution in [2.45, 2.75) is 19.4 Å². The van der Waals surface area contributed by atoms with Crippen LogP contribution in [0.25, 0.3) is 11.4 Å². The predicted octanol–water partition coefficient (Wildman–Crippen LogP) is 2.69. The Morgan fingerprint density at radius 3 is 2.76 bits per heavy atom. The molecule has 0 unspecified atom stereocenters. The van der Waals surface area contributed by atoms with Crippen LogP contribution in [-0.4, -0.2) is 39.7 Å². The topological polar surface area (TPSA) is 79.5 Å². The van der Waals surface area contributed by atoms with Gasteiger partial charge in [0.05, 0.1) is 6.54 Å². The summed E-state index contributed by atoms with van der Waals surface area (Å²) in [5, 5.41) is 13.2. The fourth-order valence-electron chi connectivity index (χ4n) is 1.85. The summed E-state index contributed by atoms with van der Waals surface area (Å²) in [4.78, 5) is 16.7. The van der Waals surface area contributed by atoms with Gasteiger partial charge in [-0.1, -0.05) is 16.8 Å². The van der Waals surface area contributed by atoms with Crippen molar-refractivity contribution in [3.63, 3.8) is 0 Å². The van der Waals surface area contributed by atoms with Crippen LogP contribution in [0, 0.1) is 0 Å². The number of aliphatic carboxylic acids is 1. The van der Waals surface area contributed by atoms with Gasteiger partial charge in [-0.2, -0.15) is 4.98 Å². The van der Waals surface area contributed by atoms with Gasteiger partial charge < -0.3 is 9.63 Å². The van der Waals surface area contributed by atoms with Crippen LogP contribution in [0.2, 0.25) is 5.02 Å². The van der Waals surface area contributed by atoms with Gasteiger partial charge in [-0.3, -0.25) is 9.69 Å². The Morgan fingerprint density at radius 1 is 1.38 bits per heavy atom. The molecule has 6 nitrogen and oxygen atoms in total. The Kier molecular flexibility index (Phi) is 5.30. The molecule has 0 aliphatic heterocycles. The first-order valence-electron chi connectivity index (χ1n) is 6.53. The van der Waals surface area contributed by atoms with Crippen LogP contribution < -0.4 is 0 Å². The second kappa shape index (κ2) is 7.19. The maximum atomic E-state index is 10.5. The number of hydrogen-bond donors (Lipinski definition) is 1. The molecule has 1 aromatic heterocycles. The number of hydrogen-bond acceptors (Lipinski definition) is 5. The van der Waals surface area contributed by atoms with E-state index >= 15 is 0 Å². The van der Waals surface area contributed by atoms with E-state index in [9.17, 15) is 4.79 Å². The molecule has 0 radical (unpaired) electrons. The van der Waals surface area contributed by atoms with Crippen LogP contribution in [0.4, 0.5) is 0 Å². The molecule has 2 rings (SSSR count). The second-order valence-electron chi connectivity index (χ2n) is 4.75. The Labute approximate surface area is 127 Å². The fourth-order valence-corrected chi connectivity index (χ4v) is 1.97. The molecule has 0 spiro atoms. The molecule has 21 heavy (non-hydrogen) atoms. The molecule has 1 aromatic carbocycles. The lowest BCUT2D eigenvalue weighted by molar-refractivity contribution is -0.137. The number of rotatable bonds is 7. The highest BCUT2D eigenvalue weighted by Gasteiger charge is 2.11. The quantitative estimate of drug-likeness (QED) is 0.847. The van der Waals surface area contributed by atoms with Crippen molar-refractivity contribution < 1.29 is 14.4 Å². The van der Waals surface area contributed by atoms with Crippen molar-refractivity contribution in [2.75, 3.05) is 13.6 Å². The summed E-state index contributed by atoms with van der Waals surface area (Å²) in [7, 11) is 1.88. The minimum absolute atomic E-state index is 0.157. The van der Waals surface area contributed by atoms with Crippen molar-refractivity contribution in [1.29, 1.82) is 0 Å². The molecule has 0 amide bonds. The summed E-state index contributed by atoms with van der Waals surface area (Å²) in [6, 6.07) is 7.19. The van der Waals surface area contributed by atoms with Crippen LogP contribution in [-0.2, 0) is 11.3 Å². The summed E-state index contributed by atoms with van der Waals surface area (Å²) in [5.74, 6) is 0.226. The van der Waals surface area contributed by atoms with Gasteiger partial charge in [0.1, 0.15) is 0 Å². The van der Waals surface area contributed by atoms with Crippen LogP contribution >= 0.6 is 11.6 Å².